The highest BCUT2D eigenvalue weighted by Crippen LogP contribution is 2.32. The Kier molecular flexibility index (Phi) is 3.50. The van der Waals surface area contributed by atoms with Crippen molar-refractivity contribution >= 4 is 28.9 Å². The van der Waals surface area contributed by atoms with Gasteiger partial charge in [0.2, 0.25) is 5.78 Å². The molecule has 1 aromatic heterocycles. The van der Waals surface area contributed by atoms with Gasteiger partial charge in [0.15, 0.2) is 0 Å². The van der Waals surface area contributed by atoms with Gasteiger partial charge < -0.3 is 0 Å². The lowest BCUT2D eigenvalue weighted by molar-refractivity contribution is 0.104. The third-order valence-corrected chi connectivity index (χ3v) is 5.86. The summed E-state index contributed by atoms with van der Waals surface area (Å²) in [6.45, 7) is 4.13. The Labute approximate surface area is 122 Å². The minimum Gasteiger partial charge on any atom is -0.288 e. The molecule has 2 heterocycles. The minimum atomic E-state index is 0.174. The van der Waals surface area contributed by atoms with Crippen LogP contribution < -0.4 is 0 Å². The van der Waals surface area contributed by atoms with Crippen molar-refractivity contribution in [2.75, 3.05) is 5.75 Å². The predicted molar refractivity (Wildman–Crippen MR) is 83.5 cm³/mol. The molecule has 0 saturated heterocycles. The van der Waals surface area contributed by atoms with Gasteiger partial charge >= 0.3 is 0 Å². The molecule has 19 heavy (non-hydrogen) atoms. The maximum Gasteiger partial charge on any atom is 0.202 e. The highest BCUT2D eigenvalue weighted by molar-refractivity contribution is 7.98. The molecule has 0 saturated carbocycles. The van der Waals surface area contributed by atoms with Crippen LogP contribution in [0.15, 0.2) is 24.3 Å². The number of benzene rings is 1. The molecule has 1 aliphatic rings. The molecule has 1 aromatic carbocycles. The Balaban J connectivity index is 1.95. The third-order valence-electron chi connectivity index (χ3n) is 3.62. The van der Waals surface area contributed by atoms with Gasteiger partial charge in [-0.1, -0.05) is 12.1 Å². The van der Waals surface area contributed by atoms with Crippen molar-refractivity contribution in [3.8, 4) is 0 Å². The molecular formula is C16H16OS2. The summed E-state index contributed by atoms with van der Waals surface area (Å²) in [7, 11) is 0. The van der Waals surface area contributed by atoms with Gasteiger partial charge in [-0.2, -0.15) is 11.8 Å². The van der Waals surface area contributed by atoms with Gasteiger partial charge in [-0.3, -0.25) is 4.79 Å². The van der Waals surface area contributed by atoms with Crippen LogP contribution in [0.2, 0.25) is 0 Å². The molecule has 1 nitrogen and oxygen atoms in total. The van der Waals surface area contributed by atoms with Crippen molar-refractivity contribution < 1.29 is 4.79 Å². The molecule has 2 aromatic rings. The van der Waals surface area contributed by atoms with Crippen LogP contribution in [0.1, 0.15) is 36.8 Å². The summed E-state index contributed by atoms with van der Waals surface area (Å²) in [6, 6.07) is 8.08. The fourth-order valence-electron chi connectivity index (χ4n) is 2.28. The number of ketones is 1. The first-order chi connectivity index (χ1) is 9.15. The summed E-state index contributed by atoms with van der Waals surface area (Å²) in [5.41, 5.74) is 4.60. The quantitative estimate of drug-likeness (QED) is 0.763. The van der Waals surface area contributed by atoms with E-state index in [0.29, 0.717) is 0 Å². The first-order valence-corrected chi connectivity index (χ1v) is 8.43. The molecule has 98 valence electrons. The molecule has 3 rings (SSSR count). The third kappa shape index (κ3) is 2.49. The van der Waals surface area contributed by atoms with E-state index < -0.39 is 0 Å². The lowest BCUT2D eigenvalue weighted by atomic mass is 10.0. The minimum absolute atomic E-state index is 0.174. The number of rotatable bonds is 2. The molecule has 0 aliphatic carbocycles. The Morgan fingerprint density at radius 3 is 2.74 bits per heavy atom. The SMILES string of the molecule is Cc1ccc(C(=O)c2cc3c(s2)CCSC3)cc1C. The zero-order valence-electron chi connectivity index (χ0n) is 11.2. The highest BCUT2D eigenvalue weighted by Gasteiger charge is 2.18. The van der Waals surface area contributed by atoms with Crippen molar-refractivity contribution in [1.82, 2.24) is 0 Å². The van der Waals surface area contributed by atoms with Crippen molar-refractivity contribution in [3.05, 3.63) is 56.3 Å². The monoisotopic (exact) mass is 288 g/mol. The number of carbonyl (C=O) groups excluding carboxylic acids is 1. The van der Waals surface area contributed by atoms with E-state index >= 15 is 0 Å². The van der Waals surface area contributed by atoms with Crippen LogP contribution in [0.3, 0.4) is 0 Å². The van der Waals surface area contributed by atoms with Gasteiger partial charge in [0.05, 0.1) is 4.88 Å². The van der Waals surface area contributed by atoms with Gasteiger partial charge in [-0.15, -0.1) is 11.3 Å². The molecule has 0 unspecified atom stereocenters. The van der Waals surface area contributed by atoms with Gasteiger partial charge in [0.1, 0.15) is 0 Å². The number of fused-ring (bicyclic) bond motifs is 1. The van der Waals surface area contributed by atoms with Crippen LogP contribution in [0.25, 0.3) is 0 Å². The highest BCUT2D eigenvalue weighted by atomic mass is 32.2. The number of carbonyl (C=O) groups is 1. The second-order valence-electron chi connectivity index (χ2n) is 4.99. The van der Waals surface area contributed by atoms with Crippen LogP contribution in [-0.4, -0.2) is 11.5 Å². The van der Waals surface area contributed by atoms with E-state index in [2.05, 4.69) is 19.9 Å². The maximum absolute atomic E-state index is 12.5. The summed E-state index contributed by atoms with van der Waals surface area (Å²) in [6.07, 6.45) is 1.12. The topological polar surface area (TPSA) is 17.1 Å². The van der Waals surface area contributed by atoms with E-state index in [9.17, 15) is 4.79 Å². The fourth-order valence-corrected chi connectivity index (χ4v) is 4.62. The van der Waals surface area contributed by atoms with E-state index in [-0.39, 0.29) is 5.78 Å². The van der Waals surface area contributed by atoms with Crippen LogP contribution in [-0.2, 0) is 12.2 Å². The van der Waals surface area contributed by atoms with E-state index in [1.165, 1.54) is 27.3 Å². The van der Waals surface area contributed by atoms with Crippen molar-refractivity contribution in [2.45, 2.75) is 26.0 Å². The van der Waals surface area contributed by atoms with Crippen molar-refractivity contribution in [2.24, 2.45) is 0 Å². The predicted octanol–water partition coefficient (Wildman–Crippen LogP) is 4.39. The first-order valence-electron chi connectivity index (χ1n) is 6.46. The molecule has 0 radical (unpaired) electrons. The standard InChI is InChI=1S/C16H16OS2/c1-10-3-4-12(7-11(10)2)16(17)15-8-13-9-18-6-5-14(13)19-15/h3-4,7-8H,5-6,9H2,1-2H3. The van der Waals surface area contributed by atoms with Crippen molar-refractivity contribution in [3.63, 3.8) is 0 Å². The number of aryl methyl sites for hydroxylation is 3. The number of hydrogen-bond donors (Lipinski definition) is 0. The maximum atomic E-state index is 12.5. The Hall–Kier alpha value is -1.06. The largest absolute Gasteiger partial charge is 0.288 e. The molecule has 3 heteroatoms. The lowest BCUT2D eigenvalue weighted by Crippen LogP contribution is -1.99. The summed E-state index contributed by atoms with van der Waals surface area (Å²) in [5, 5.41) is 0. The van der Waals surface area contributed by atoms with E-state index in [1.54, 1.807) is 11.3 Å². The van der Waals surface area contributed by atoms with Crippen LogP contribution in [0.5, 0.6) is 0 Å². The fraction of sp³-hybridized carbons (Fsp3) is 0.312. The molecule has 0 bridgehead atoms. The zero-order valence-corrected chi connectivity index (χ0v) is 12.8. The van der Waals surface area contributed by atoms with E-state index in [4.69, 9.17) is 0 Å². The molecule has 0 spiro atoms. The number of hydrogen-bond acceptors (Lipinski definition) is 3. The molecule has 0 atom stereocenters. The molecule has 1 aliphatic heterocycles. The number of thiophene rings is 1. The normalized spacial score (nSPS) is 14.2. The van der Waals surface area contributed by atoms with Crippen LogP contribution in [0.4, 0.5) is 0 Å². The lowest BCUT2D eigenvalue weighted by Gasteiger charge is -2.08. The van der Waals surface area contributed by atoms with Crippen LogP contribution >= 0.6 is 23.1 Å². The molecular weight excluding hydrogens is 272 g/mol. The average molecular weight is 288 g/mol. The van der Waals surface area contributed by atoms with E-state index in [1.807, 2.05) is 30.0 Å². The summed E-state index contributed by atoms with van der Waals surface area (Å²) in [4.78, 5) is 14.8. The van der Waals surface area contributed by atoms with Gasteiger partial charge in [0.25, 0.3) is 0 Å². The summed E-state index contributed by atoms with van der Waals surface area (Å²) < 4.78 is 0. The Morgan fingerprint density at radius 2 is 2.00 bits per heavy atom. The first kappa shape index (κ1) is 12.9. The summed E-state index contributed by atoms with van der Waals surface area (Å²) >= 11 is 3.64. The zero-order chi connectivity index (χ0) is 13.4. The summed E-state index contributed by atoms with van der Waals surface area (Å²) in [5.74, 6) is 2.42. The van der Waals surface area contributed by atoms with Crippen molar-refractivity contribution in [1.29, 1.82) is 0 Å². The van der Waals surface area contributed by atoms with E-state index in [0.717, 1.165) is 22.6 Å². The van der Waals surface area contributed by atoms with Crippen LogP contribution in [0, 0.1) is 13.8 Å². The second-order valence-corrected chi connectivity index (χ2v) is 7.23. The smallest absolute Gasteiger partial charge is 0.202 e. The average Bonchev–Trinajstić information content (AvgIpc) is 2.85. The molecule has 0 fully saturated rings. The molecule has 0 amide bonds. The Bertz CT molecular complexity index is 617. The Morgan fingerprint density at radius 1 is 1.16 bits per heavy atom. The van der Waals surface area contributed by atoms with Gasteiger partial charge in [-0.25, -0.2) is 0 Å². The van der Waals surface area contributed by atoms with Gasteiger partial charge in [0, 0.05) is 16.2 Å². The van der Waals surface area contributed by atoms with Gasteiger partial charge in [-0.05, 0) is 54.8 Å². The number of thioether (sulfide) groups is 1. The second kappa shape index (κ2) is 5.14. The molecule has 0 N–H and O–H groups in total.